The molecule has 4 heteroatoms. The van der Waals surface area contributed by atoms with Crippen molar-refractivity contribution in [2.24, 2.45) is 5.92 Å². The lowest BCUT2D eigenvalue weighted by atomic mass is 10.1. The molecule has 3 rings (SSSR count). The third-order valence-electron chi connectivity index (χ3n) is 4.73. The van der Waals surface area contributed by atoms with Gasteiger partial charge in [-0.15, -0.1) is 0 Å². The quantitative estimate of drug-likeness (QED) is 0.811. The molecule has 0 spiro atoms. The van der Waals surface area contributed by atoms with E-state index in [9.17, 15) is 4.79 Å². The third-order valence-corrected chi connectivity index (χ3v) is 4.73. The Kier molecular flexibility index (Phi) is 4.84. The standard InChI is InChI=1S/C20H24N2O2/c1-14-4-7-18(12-21-14)20(23)22(15(2)17-8-9-17)13-16-5-10-19(24-3)11-6-16/h4-7,10-12,15,17H,8-9,13H2,1-3H3. The molecule has 0 aliphatic heterocycles. The first kappa shape index (κ1) is 16.5. The van der Waals surface area contributed by atoms with Crippen LogP contribution in [0.4, 0.5) is 0 Å². The van der Waals surface area contributed by atoms with Crippen LogP contribution in [-0.2, 0) is 6.54 Å². The molecule has 1 amide bonds. The van der Waals surface area contributed by atoms with E-state index in [4.69, 9.17) is 4.74 Å². The molecule has 1 saturated carbocycles. The van der Waals surface area contributed by atoms with Crippen LogP contribution < -0.4 is 4.74 Å². The van der Waals surface area contributed by atoms with Gasteiger partial charge >= 0.3 is 0 Å². The molecule has 126 valence electrons. The van der Waals surface area contributed by atoms with Gasteiger partial charge < -0.3 is 9.64 Å². The number of benzene rings is 1. The van der Waals surface area contributed by atoms with Crippen molar-refractivity contribution in [3.05, 3.63) is 59.4 Å². The Balaban J connectivity index is 1.82. The number of ether oxygens (including phenoxy) is 1. The number of hydrogen-bond acceptors (Lipinski definition) is 3. The van der Waals surface area contributed by atoms with Gasteiger partial charge in [-0.3, -0.25) is 9.78 Å². The molecule has 1 heterocycles. The normalized spacial score (nSPS) is 15.0. The van der Waals surface area contributed by atoms with Crippen LogP contribution in [0.3, 0.4) is 0 Å². The van der Waals surface area contributed by atoms with E-state index in [-0.39, 0.29) is 11.9 Å². The molecule has 1 aliphatic carbocycles. The van der Waals surface area contributed by atoms with Gasteiger partial charge in [0, 0.05) is 24.5 Å². The zero-order chi connectivity index (χ0) is 17.1. The third kappa shape index (κ3) is 3.75. The van der Waals surface area contributed by atoms with E-state index in [1.165, 1.54) is 12.8 Å². The highest BCUT2D eigenvalue weighted by atomic mass is 16.5. The van der Waals surface area contributed by atoms with Crippen LogP contribution in [0.15, 0.2) is 42.6 Å². The minimum atomic E-state index is 0.0534. The second-order valence-electron chi connectivity index (χ2n) is 6.55. The molecule has 0 bridgehead atoms. The fourth-order valence-corrected chi connectivity index (χ4v) is 2.92. The zero-order valence-electron chi connectivity index (χ0n) is 14.5. The molecule has 1 fully saturated rings. The minimum Gasteiger partial charge on any atom is -0.497 e. The summed E-state index contributed by atoms with van der Waals surface area (Å²) in [4.78, 5) is 19.3. The Hall–Kier alpha value is -2.36. The molecule has 1 aromatic heterocycles. The van der Waals surface area contributed by atoms with E-state index < -0.39 is 0 Å². The highest BCUT2D eigenvalue weighted by Crippen LogP contribution is 2.36. The fraction of sp³-hybridized carbons (Fsp3) is 0.400. The van der Waals surface area contributed by atoms with Crippen molar-refractivity contribution in [3.63, 3.8) is 0 Å². The number of amides is 1. The van der Waals surface area contributed by atoms with Gasteiger partial charge in [0.1, 0.15) is 5.75 Å². The van der Waals surface area contributed by atoms with Crippen molar-refractivity contribution < 1.29 is 9.53 Å². The van der Waals surface area contributed by atoms with Crippen LogP contribution in [0, 0.1) is 12.8 Å². The molecular formula is C20H24N2O2. The molecule has 2 aromatic rings. The first-order valence-corrected chi connectivity index (χ1v) is 8.45. The molecule has 1 unspecified atom stereocenters. The number of rotatable bonds is 6. The van der Waals surface area contributed by atoms with Gasteiger partial charge in [0.15, 0.2) is 0 Å². The molecule has 0 saturated heterocycles. The number of nitrogens with zero attached hydrogens (tertiary/aromatic N) is 2. The molecule has 1 aromatic carbocycles. The number of carbonyl (C=O) groups excluding carboxylic acids is 1. The van der Waals surface area contributed by atoms with Crippen LogP contribution in [0.5, 0.6) is 5.75 Å². The van der Waals surface area contributed by atoms with Crippen LogP contribution in [0.2, 0.25) is 0 Å². The van der Waals surface area contributed by atoms with E-state index in [2.05, 4.69) is 11.9 Å². The number of aromatic nitrogens is 1. The second-order valence-corrected chi connectivity index (χ2v) is 6.55. The molecule has 1 aliphatic rings. The number of pyridine rings is 1. The maximum atomic E-state index is 13.0. The van der Waals surface area contributed by atoms with E-state index >= 15 is 0 Å². The van der Waals surface area contributed by atoms with Crippen molar-refractivity contribution in [2.75, 3.05) is 7.11 Å². The zero-order valence-corrected chi connectivity index (χ0v) is 14.5. The van der Waals surface area contributed by atoms with Gasteiger partial charge in [0.2, 0.25) is 0 Å². The van der Waals surface area contributed by atoms with E-state index in [1.807, 2.05) is 48.2 Å². The summed E-state index contributed by atoms with van der Waals surface area (Å²) in [6, 6.07) is 11.9. The molecule has 4 nitrogen and oxygen atoms in total. The highest BCUT2D eigenvalue weighted by Gasteiger charge is 2.34. The first-order chi connectivity index (χ1) is 11.6. The predicted octanol–water partition coefficient (Wildman–Crippen LogP) is 3.84. The van der Waals surface area contributed by atoms with Crippen molar-refractivity contribution in [1.29, 1.82) is 0 Å². The Labute approximate surface area is 143 Å². The Bertz CT molecular complexity index is 691. The smallest absolute Gasteiger partial charge is 0.255 e. The fourth-order valence-electron chi connectivity index (χ4n) is 2.92. The highest BCUT2D eigenvalue weighted by molar-refractivity contribution is 5.94. The largest absolute Gasteiger partial charge is 0.497 e. The molecule has 24 heavy (non-hydrogen) atoms. The summed E-state index contributed by atoms with van der Waals surface area (Å²) in [5.41, 5.74) is 2.68. The second kappa shape index (κ2) is 7.04. The summed E-state index contributed by atoms with van der Waals surface area (Å²) in [5.74, 6) is 1.50. The van der Waals surface area contributed by atoms with E-state index in [1.54, 1.807) is 13.3 Å². The van der Waals surface area contributed by atoms with Crippen LogP contribution >= 0.6 is 0 Å². The average molecular weight is 324 g/mol. The predicted molar refractivity (Wildman–Crippen MR) is 94.0 cm³/mol. The lowest BCUT2D eigenvalue weighted by Crippen LogP contribution is -2.39. The number of aryl methyl sites for hydroxylation is 1. The summed E-state index contributed by atoms with van der Waals surface area (Å²) in [5, 5.41) is 0. The summed E-state index contributed by atoms with van der Waals surface area (Å²) < 4.78 is 5.21. The lowest BCUT2D eigenvalue weighted by Gasteiger charge is -2.29. The van der Waals surface area contributed by atoms with E-state index in [0.29, 0.717) is 18.0 Å². The van der Waals surface area contributed by atoms with Crippen molar-refractivity contribution in [1.82, 2.24) is 9.88 Å². The number of methoxy groups -OCH3 is 1. The van der Waals surface area contributed by atoms with Gasteiger partial charge in [-0.2, -0.15) is 0 Å². The Morgan fingerprint density at radius 2 is 1.96 bits per heavy atom. The SMILES string of the molecule is COc1ccc(CN(C(=O)c2ccc(C)nc2)C(C)C2CC2)cc1. The minimum absolute atomic E-state index is 0.0534. The summed E-state index contributed by atoms with van der Waals surface area (Å²) in [6.45, 7) is 4.69. The van der Waals surface area contributed by atoms with Crippen LogP contribution in [-0.4, -0.2) is 28.9 Å². The molecular weight excluding hydrogens is 300 g/mol. The lowest BCUT2D eigenvalue weighted by molar-refractivity contribution is 0.0654. The van der Waals surface area contributed by atoms with Gasteiger partial charge in [0.25, 0.3) is 5.91 Å². The Morgan fingerprint density at radius 3 is 2.50 bits per heavy atom. The maximum absolute atomic E-state index is 13.0. The number of hydrogen-bond donors (Lipinski definition) is 0. The summed E-state index contributed by atoms with van der Waals surface area (Å²) >= 11 is 0. The average Bonchev–Trinajstić information content (AvgIpc) is 3.45. The van der Waals surface area contributed by atoms with Crippen LogP contribution in [0.25, 0.3) is 0 Å². The van der Waals surface area contributed by atoms with E-state index in [0.717, 1.165) is 17.0 Å². The molecule has 1 atom stereocenters. The first-order valence-electron chi connectivity index (χ1n) is 8.45. The van der Waals surface area contributed by atoms with Gasteiger partial charge in [-0.1, -0.05) is 12.1 Å². The molecule has 0 N–H and O–H groups in total. The van der Waals surface area contributed by atoms with Crippen molar-refractivity contribution in [2.45, 2.75) is 39.3 Å². The van der Waals surface area contributed by atoms with Crippen molar-refractivity contribution >= 4 is 5.91 Å². The van der Waals surface area contributed by atoms with Crippen molar-refractivity contribution in [3.8, 4) is 5.75 Å². The topological polar surface area (TPSA) is 42.4 Å². The maximum Gasteiger partial charge on any atom is 0.255 e. The monoisotopic (exact) mass is 324 g/mol. The van der Waals surface area contributed by atoms with Gasteiger partial charge in [-0.05, 0) is 62.4 Å². The number of carbonyl (C=O) groups is 1. The Morgan fingerprint density at radius 1 is 1.25 bits per heavy atom. The van der Waals surface area contributed by atoms with Crippen LogP contribution in [0.1, 0.15) is 41.4 Å². The summed E-state index contributed by atoms with van der Waals surface area (Å²) in [7, 11) is 1.66. The van der Waals surface area contributed by atoms with Gasteiger partial charge in [-0.25, -0.2) is 0 Å². The summed E-state index contributed by atoms with van der Waals surface area (Å²) in [6.07, 6.45) is 4.09. The van der Waals surface area contributed by atoms with Gasteiger partial charge in [0.05, 0.1) is 12.7 Å². The molecule has 0 radical (unpaired) electrons.